The van der Waals surface area contributed by atoms with Gasteiger partial charge in [-0.05, 0) is 18.2 Å². The lowest BCUT2D eigenvalue weighted by atomic mass is 10.0. The van der Waals surface area contributed by atoms with Crippen LogP contribution >= 0.6 is 0 Å². The van der Waals surface area contributed by atoms with Crippen LogP contribution in [0.25, 0.3) is 21.8 Å². The van der Waals surface area contributed by atoms with E-state index in [1.807, 2.05) is 6.07 Å². The van der Waals surface area contributed by atoms with Gasteiger partial charge in [0.05, 0.1) is 42.1 Å². The molecule has 0 fully saturated rings. The number of anilines is 2. The number of nitrogens with two attached hydrogens (primary N) is 1. The quantitative estimate of drug-likeness (QED) is 0.504. The second-order valence-electron chi connectivity index (χ2n) is 6.87. The molecule has 148 valence electrons. The van der Waals surface area contributed by atoms with Crippen molar-refractivity contribution in [2.45, 2.75) is 12.5 Å². The zero-order valence-electron chi connectivity index (χ0n) is 15.7. The first-order valence-electron chi connectivity index (χ1n) is 9.29. The summed E-state index contributed by atoms with van der Waals surface area (Å²) in [6.45, 7) is 7.61. The predicted octanol–water partition coefficient (Wildman–Crippen LogP) is 4.02. The second-order valence-corrected chi connectivity index (χ2v) is 6.87. The van der Waals surface area contributed by atoms with Crippen molar-refractivity contribution < 1.29 is 9.13 Å². The molecule has 4 aromatic rings. The maximum Gasteiger partial charge on any atom is 0.237 e. The van der Waals surface area contributed by atoms with Crippen molar-refractivity contribution in [3.63, 3.8) is 0 Å². The van der Waals surface area contributed by atoms with Crippen LogP contribution in [0.4, 0.5) is 21.6 Å². The average Bonchev–Trinajstić information content (AvgIpc) is 3.19. The van der Waals surface area contributed by atoms with Gasteiger partial charge in [0.25, 0.3) is 0 Å². The SMILES string of the molecule is [C-]#[N+]c1ccc2ncn(-c3ncc(N)c(NC4CCOc5c(F)cccc54)n3)c2c1. The van der Waals surface area contributed by atoms with Crippen molar-refractivity contribution in [3.05, 3.63) is 71.7 Å². The lowest BCUT2D eigenvalue weighted by Gasteiger charge is -2.27. The number of nitrogen functional groups attached to an aromatic ring is 1. The first-order chi connectivity index (χ1) is 14.6. The largest absolute Gasteiger partial charge is 0.490 e. The molecular weight excluding hydrogens is 385 g/mol. The Hall–Kier alpha value is -4.19. The van der Waals surface area contributed by atoms with E-state index in [1.165, 1.54) is 12.3 Å². The van der Waals surface area contributed by atoms with Crippen LogP contribution in [-0.4, -0.2) is 26.1 Å². The van der Waals surface area contributed by atoms with Gasteiger partial charge < -0.3 is 15.8 Å². The number of imidazole rings is 1. The summed E-state index contributed by atoms with van der Waals surface area (Å²) in [4.78, 5) is 16.7. The van der Waals surface area contributed by atoms with E-state index in [9.17, 15) is 4.39 Å². The highest BCUT2D eigenvalue weighted by Crippen LogP contribution is 2.36. The molecule has 0 radical (unpaired) electrons. The van der Waals surface area contributed by atoms with E-state index >= 15 is 0 Å². The molecule has 0 spiro atoms. The fourth-order valence-corrected chi connectivity index (χ4v) is 3.54. The van der Waals surface area contributed by atoms with Crippen molar-refractivity contribution in [1.82, 2.24) is 19.5 Å². The molecule has 0 saturated carbocycles. The van der Waals surface area contributed by atoms with Gasteiger partial charge in [0.2, 0.25) is 5.95 Å². The van der Waals surface area contributed by atoms with Gasteiger partial charge in [-0.2, -0.15) is 4.98 Å². The standard InChI is InChI=1S/C21H16FN7O/c1-24-12-5-6-17-18(9-12)29(11-26-17)21-25-10-15(23)20(28-21)27-16-7-8-30-19-13(16)3-2-4-14(19)22/h2-6,9-11,16H,7-8,23H2,(H,25,27,28). The first kappa shape index (κ1) is 17.9. The Morgan fingerprint density at radius 1 is 1.27 bits per heavy atom. The third-order valence-electron chi connectivity index (χ3n) is 5.02. The molecular formula is C21H16FN7O. The number of hydrogen-bond acceptors (Lipinski definition) is 6. The maximum atomic E-state index is 14.1. The van der Waals surface area contributed by atoms with Crippen molar-refractivity contribution in [2.75, 3.05) is 17.7 Å². The fourth-order valence-electron chi connectivity index (χ4n) is 3.54. The van der Waals surface area contributed by atoms with E-state index < -0.39 is 5.82 Å². The minimum absolute atomic E-state index is 0.206. The van der Waals surface area contributed by atoms with Gasteiger partial charge in [-0.1, -0.05) is 18.2 Å². The number of hydrogen-bond donors (Lipinski definition) is 2. The number of aromatic nitrogens is 4. The molecule has 1 aliphatic heterocycles. The molecule has 3 heterocycles. The molecule has 9 heteroatoms. The van der Waals surface area contributed by atoms with Gasteiger partial charge in [-0.15, -0.1) is 0 Å². The zero-order valence-corrected chi connectivity index (χ0v) is 15.7. The monoisotopic (exact) mass is 401 g/mol. The number of rotatable bonds is 3. The van der Waals surface area contributed by atoms with Crippen LogP contribution in [0.2, 0.25) is 0 Å². The zero-order chi connectivity index (χ0) is 20.7. The lowest BCUT2D eigenvalue weighted by Crippen LogP contribution is -2.22. The summed E-state index contributed by atoms with van der Waals surface area (Å²) in [7, 11) is 0. The Morgan fingerprint density at radius 3 is 3.03 bits per heavy atom. The molecule has 2 aromatic carbocycles. The van der Waals surface area contributed by atoms with E-state index in [0.717, 1.165) is 16.6 Å². The van der Waals surface area contributed by atoms with E-state index in [0.29, 0.717) is 36.2 Å². The average molecular weight is 401 g/mol. The van der Waals surface area contributed by atoms with E-state index in [1.54, 1.807) is 35.2 Å². The summed E-state index contributed by atoms with van der Waals surface area (Å²) in [6.07, 6.45) is 3.76. The van der Waals surface area contributed by atoms with Gasteiger partial charge in [0.15, 0.2) is 23.1 Å². The summed E-state index contributed by atoms with van der Waals surface area (Å²) in [5.41, 5.74) is 9.15. The molecule has 8 nitrogen and oxygen atoms in total. The number of benzene rings is 2. The molecule has 5 rings (SSSR count). The minimum atomic E-state index is -0.393. The van der Waals surface area contributed by atoms with Crippen molar-refractivity contribution >= 4 is 28.2 Å². The molecule has 0 bridgehead atoms. The van der Waals surface area contributed by atoms with Crippen LogP contribution in [0.15, 0.2) is 48.9 Å². The smallest absolute Gasteiger partial charge is 0.237 e. The van der Waals surface area contributed by atoms with Crippen LogP contribution in [-0.2, 0) is 0 Å². The van der Waals surface area contributed by atoms with E-state index in [-0.39, 0.29) is 11.8 Å². The maximum absolute atomic E-state index is 14.1. The Labute approximate surface area is 171 Å². The number of halogens is 1. The van der Waals surface area contributed by atoms with Crippen LogP contribution in [0.3, 0.4) is 0 Å². The van der Waals surface area contributed by atoms with Crippen molar-refractivity contribution in [3.8, 4) is 11.7 Å². The molecule has 0 saturated heterocycles. The molecule has 30 heavy (non-hydrogen) atoms. The summed E-state index contributed by atoms with van der Waals surface area (Å²) in [5.74, 6) is 0.658. The third-order valence-corrected chi connectivity index (χ3v) is 5.02. The second kappa shape index (κ2) is 7.00. The number of ether oxygens (including phenoxy) is 1. The highest BCUT2D eigenvalue weighted by Gasteiger charge is 2.25. The fraction of sp³-hybridized carbons (Fsp3) is 0.143. The van der Waals surface area contributed by atoms with Gasteiger partial charge in [-0.25, -0.2) is 19.2 Å². The molecule has 3 N–H and O–H groups in total. The van der Waals surface area contributed by atoms with Crippen molar-refractivity contribution in [1.29, 1.82) is 0 Å². The molecule has 1 unspecified atom stereocenters. The summed E-state index contributed by atoms with van der Waals surface area (Å²) < 4.78 is 21.3. The Bertz CT molecular complexity index is 1310. The van der Waals surface area contributed by atoms with Crippen LogP contribution in [0.1, 0.15) is 18.0 Å². The summed E-state index contributed by atoms with van der Waals surface area (Å²) >= 11 is 0. The van der Waals surface area contributed by atoms with Crippen LogP contribution in [0, 0.1) is 12.4 Å². The highest BCUT2D eigenvalue weighted by atomic mass is 19.1. The Kier molecular flexibility index (Phi) is 4.17. The van der Waals surface area contributed by atoms with Crippen LogP contribution in [0.5, 0.6) is 5.75 Å². The molecule has 2 aromatic heterocycles. The van der Waals surface area contributed by atoms with Gasteiger partial charge in [0, 0.05) is 12.0 Å². The first-order valence-corrected chi connectivity index (χ1v) is 9.29. The van der Waals surface area contributed by atoms with Gasteiger partial charge in [0.1, 0.15) is 6.33 Å². The van der Waals surface area contributed by atoms with Crippen molar-refractivity contribution in [2.24, 2.45) is 0 Å². The highest BCUT2D eigenvalue weighted by molar-refractivity contribution is 5.81. The Morgan fingerprint density at radius 2 is 2.17 bits per heavy atom. The lowest BCUT2D eigenvalue weighted by molar-refractivity contribution is 0.260. The normalized spacial score (nSPS) is 15.3. The minimum Gasteiger partial charge on any atom is -0.490 e. The molecule has 1 atom stereocenters. The number of para-hydroxylation sites is 1. The topological polar surface area (TPSA) is 95.2 Å². The number of fused-ring (bicyclic) bond motifs is 2. The van der Waals surface area contributed by atoms with E-state index in [2.05, 4.69) is 25.1 Å². The summed E-state index contributed by atoms with van der Waals surface area (Å²) in [5, 5.41) is 3.30. The third kappa shape index (κ3) is 2.95. The number of nitrogens with one attached hydrogen (secondary N) is 1. The van der Waals surface area contributed by atoms with Crippen LogP contribution < -0.4 is 15.8 Å². The number of nitrogens with zero attached hydrogens (tertiary/aromatic N) is 5. The molecule has 1 aliphatic rings. The summed E-state index contributed by atoms with van der Waals surface area (Å²) in [6, 6.07) is 9.87. The van der Waals surface area contributed by atoms with Gasteiger partial charge >= 0.3 is 0 Å². The molecule has 0 aliphatic carbocycles. The molecule has 0 amide bonds. The predicted molar refractivity (Wildman–Crippen MR) is 110 cm³/mol. The Balaban J connectivity index is 1.53. The van der Waals surface area contributed by atoms with Gasteiger partial charge in [-0.3, -0.25) is 4.57 Å². The van der Waals surface area contributed by atoms with E-state index in [4.69, 9.17) is 17.0 Å².